The Kier molecular flexibility index (Phi) is 5.53. The molecule has 0 heterocycles. The molecule has 0 aliphatic heterocycles. The second-order valence-corrected chi connectivity index (χ2v) is 5.87. The third-order valence-electron chi connectivity index (χ3n) is 3.74. The summed E-state index contributed by atoms with van der Waals surface area (Å²) in [7, 11) is 0. The van der Waals surface area contributed by atoms with Crippen molar-refractivity contribution in [3.63, 3.8) is 0 Å². The molecule has 0 aromatic heterocycles. The Morgan fingerprint density at radius 2 is 2.06 bits per heavy atom. The zero-order chi connectivity index (χ0) is 12.1. The van der Waals surface area contributed by atoms with Crippen LogP contribution in [0.15, 0.2) is 0 Å². The van der Waals surface area contributed by atoms with Crippen molar-refractivity contribution < 1.29 is 0 Å². The molecule has 0 bridgehead atoms. The minimum atomic E-state index is 0.581. The van der Waals surface area contributed by atoms with Crippen LogP contribution in [0, 0.1) is 17.8 Å². The average Bonchev–Trinajstić information content (AvgIpc) is 2.57. The Morgan fingerprint density at radius 1 is 1.38 bits per heavy atom. The molecule has 1 aliphatic carbocycles. The topological polar surface area (TPSA) is 24.1 Å². The Hall–Kier alpha value is -0.310. The first-order valence-electron chi connectivity index (χ1n) is 6.59. The summed E-state index contributed by atoms with van der Waals surface area (Å²) in [4.78, 5) is 0. The van der Waals surface area contributed by atoms with Crippen molar-refractivity contribution in [3.8, 4) is 0 Å². The van der Waals surface area contributed by atoms with E-state index in [4.69, 9.17) is 12.2 Å². The van der Waals surface area contributed by atoms with E-state index in [0.29, 0.717) is 12.0 Å². The van der Waals surface area contributed by atoms with Crippen LogP contribution in [0.4, 0.5) is 0 Å². The van der Waals surface area contributed by atoms with Gasteiger partial charge in [-0.2, -0.15) is 0 Å². The Morgan fingerprint density at radius 3 is 2.56 bits per heavy atom. The van der Waals surface area contributed by atoms with E-state index in [2.05, 4.69) is 38.3 Å². The minimum absolute atomic E-state index is 0.581. The van der Waals surface area contributed by atoms with Gasteiger partial charge in [0, 0.05) is 12.6 Å². The zero-order valence-electron chi connectivity index (χ0n) is 11.0. The Balaban J connectivity index is 2.29. The highest BCUT2D eigenvalue weighted by molar-refractivity contribution is 7.80. The quantitative estimate of drug-likeness (QED) is 0.741. The summed E-state index contributed by atoms with van der Waals surface area (Å²) in [5, 5.41) is 7.59. The van der Waals surface area contributed by atoms with Crippen LogP contribution in [0.1, 0.15) is 47.0 Å². The number of rotatable bonds is 4. The van der Waals surface area contributed by atoms with Crippen molar-refractivity contribution in [2.45, 2.75) is 53.0 Å². The third-order valence-corrected chi connectivity index (χ3v) is 4.00. The predicted octanol–water partition coefficient (Wildman–Crippen LogP) is 2.93. The van der Waals surface area contributed by atoms with E-state index >= 15 is 0 Å². The molecule has 0 saturated heterocycles. The maximum absolute atomic E-state index is 5.31. The standard InChI is InChI=1S/C13H26N2S/c1-5-11-6-7-12(10(11)4)15-13(16)14-8-9(2)3/h9-12H,5-8H2,1-4H3,(H2,14,15,16). The summed E-state index contributed by atoms with van der Waals surface area (Å²) in [5.41, 5.74) is 0. The SMILES string of the molecule is CCC1CCC(NC(=S)NCC(C)C)C1C. The number of hydrogen-bond donors (Lipinski definition) is 2. The van der Waals surface area contributed by atoms with Gasteiger partial charge in [-0.25, -0.2) is 0 Å². The largest absolute Gasteiger partial charge is 0.362 e. The predicted molar refractivity (Wildman–Crippen MR) is 74.5 cm³/mol. The van der Waals surface area contributed by atoms with Crippen LogP contribution >= 0.6 is 12.2 Å². The van der Waals surface area contributed by atoms with Crippen molar-refractivity contribution >= 4 is 17.3 Å². The number of hydrogen-bond acceptors (Lipinski definition) is 1. The monoisotopic (exact) mass is 242 g/mol. The van der Waals surface area contributed by atoms with Crippen LogP contribution in [-0.2, 0) is 0 Å². The fourth-order valence-corrected chi connectivity index (χ4v) is 2.78. The molecular formula is C13H26N2S. The van der Waals surface area contributed by atoms with Crippen LogP contribution in [0.2, 0.25) is 0 Å². The number of nitrogens with one attached hydrogen (secondary N) is 2. The van der Waals surface area contributed by atoms with Gasteiger partial charge in [-0.15, -0.1) is 0 Å². The fourth-order valence-electron chi connectivity index (χ4n) is 2.54. The lowest BCUT2D eigenvalue weighted by Crippen LogP contribution is -2.44. The van der Waals surface area contributed by atoms with Gasteiger partial charge in [-0.3, -0.25) is 0 Å². The van der Waals surface area contributed by atoms with Crippen molar-refractivity contribution in [2.75, 3.05) is 6.54 Å². The summed E-state index contributed by atoms with van der Waals surface area (Å²) >= 11 is 5.31. The van der Waals surface area contributed by atoms with Gasteiger partial charge in [-0.05, 0) is 42.8 Å². The van der Waals surface area contributed by atoms with E-state index in [0.717, 1.165) is 23.5 Å². The molecule has 1 aliphatic rings. The highest BCUT2D eigenvalue weighted by Crippen LogP contribution is 2.33. The maximum Gasteiger partial charge on any atom is 0.166 e. The zero-order valence-corrected chi connectivity index (χ0v) is 11.9. The molecule has 3 unspecified atom stereocenters. The molecule has 0 spiro atoms. The molecule has 0 aromatic rings. The van der Waals surface area contributed by atoms with Gasteiger partial charge in [-0.1, -0.05) is 34.1 Å². The molecule has 1 fully saturated rings. The van der Waals surface area contributed by atoms with Gasteiger partial charge < -0.3 is 10.6 Å². The normalized spacial score (nSPS) is 29.4. The van der Waals surface area contributed by atoms with Crippen molar-refractivity contribution in [1.82, 2.24) is 10.6 Å². The summed E-state index contributed by atoms with van der Waals surface area (Å²) in [6.45, 7) is 9.99. The molecule has 1 rings (SSSR count). The summed E-state index contributed by atoms with van der Waals surface area (Å²) in [6, 6.07) is 0.581. The maximum atomic E-state index is 5.31. The lowest BCUT2D eigenvalue weighted by Gasteiger charge is -2.23. The van der Waals surface area contributed by atoms with Gasteiger partial charge in [0.2, 0.25) is 0 Å². The minimum Gasteiger partial charge on any atom is -0.362 e. The lowest BCUT2D eigenvalue weighted by molar-refractivity contribution is 0.367. The first-order chi connectivity index (χ1) is 7.54. The molecule has 2 nitrogen and oxygen atoms in total. The van der Waals surface area contributed by atoms with Gasteiger partial charge in [0.05, 0.1) is 0 Å². The second kappa shape index (κ2) is 6.43. The van der Waals surface area contributed by atoms with Gasteiger partial charge >= 0.3 is 0 Å². The molecule has 0 amide bonds. The van der Waals surface area contributed by atoms with Crippen molar-refractivity contribution in [1.29, 1.82) is 0 Å². The molecule has 94 valence electrons. The van der Waals surface area contributed by atoms with E-state index in [1.54, 1.807) is 0 Å². The summed E-state index contributed by atoms with van der Waals surface area (Å²) in [6.07, 6.45) is 3.91. The molecule has 0 aromatic carbocycles. The molecule has 1 saturated carbocycles. The van der Waals surface area contributed by atoms with Crippen LogP contribution in [0.3, 0.4) is 0 Å². The van der Waals surface area contributed by atoms with E-state index in [1.165, 1.54) is 19.3 Å². The van der Waals surface area contributed by atoms with Gasteiger partial charge in [0.25, 0.3) is 0 Å². The highest BCUT2D eigenvalue weighted by atomic mass is 32.1. The third kappa shape index (κ3) is 3.93. The van der Waals surface area contributed by atoms with Gasteiger partial charge in [0.15, 0.2) is 5.11 Å². The van der Waals surface area contributed by atoms with E-state index in [1.807, 2.05) is 0 Å². The second-order valence-electron chi connectivity index (χ2n) is 5.46. The van der Waals surface area contributed by atoms with E-state index in [9.17, 15) is 0 Å². The summed E-state index contributed by atoms with van der Waals surface area (Å²) in [5.74, 6) is 2.28. The van der Waals surface area contributed by atoms with Crippen molar-refractivity contribution in [3.05, 3.63) is 0 Å². The molecule has 2 N–H and O–H groups in total. The molecule has 3 heteroatoms. The first kappa shape index (κ1) is 13.8. The van der Waals surface area contributed by atoms with Crippen LogP contribution in [0.25, 0.3) is 0 Å². The highest BCUT2D eigenvalue weighted by Gasteiger charge is 2.31. The molecular weight excluding hydrogens is 216 g/mol. The Labute approximate surface area is 106 Å². The van der Waals surface area contributed by atoms with Crippen LogP contribution in [-0.4, -0.2) is 17.7 Å². The molecule has 3 atom stereocenters. The first-order valence-corrected chi connectivity index (χ1v) is 6.99. The smallest absolute Gasteiger partial charge is 0.166 e. The lowest BCUT2D eigenvalue weighted by atomic mass is 9.94. The van der Waals surface area contributed by atoms with E-state index < -0.39 is 0 Å². The van der Waals surface area contributed by atoms with E-state index in [-0.39, 0.29) is 0 Å². The van der Waals surface area contributed by atoms with Crippen LogP contribution < -0.4 is 10.6 Å². The summed E-state index contributed by atoms with van der Waals surface area (Å²) < 4.78 is 0. The average molecular weight is 242 g/mol. The molecule has 0 radical (unpaired) electrons. The fraction of sp³-hybridized carbons (Fsp3) is 0.923. The Bertz CT molecular complexity index is 228. The van der Waals surface area contributed by atoms with Gasteiger partial charge in [0.1, 0.15) is 0 Å². The molecule has 16 heavy (non-hydrogen) atoms. The van der Waals surface area contributed by atoms with Crippen molar-refractivity contribution in [2.24, 2.45) is 17.8 Å². The number of thiocarbonyl (C=S) groups is 1. The van der Waals surface area contributed by atoms with Crippen LogP contribution in [0.5, 0.6) is 0 Å².